The van der Waals surface area contributed by atoms with Crippen molar-refractivity contribution in [2.24, 2.45) is 0 Å². The minimum absolute atomic E-state index is 0.00921. The molecule has 2 rings (SSSR count). The molecule has 16 heavy (non-hydrogen) atoms. The maximum Gasteiger partial charge on any atom is 0.195 e. The summed E-state index contributed by atoms with van der Waals surface area (Å²) in [6.45, 7) is 0. The third-order valence-corrected chi connectivity index (χ3v) is 2.27. The fourth-order valence-corrected chi connectivity index (χ4v) is 1.54. The highest BCUT2D eigenvalue weighted by Gasteiger charge is 2.18. The van der Waals surface area contributed by atoms with Gasteiger partial charge in [0.1, 0.15) is 0 Å². The van der Waals surface area contributed by atoms with Crippen molar-refractivity contribution in [1.29, 1.82) is 0 Å². The van der Waals surface area contributed by atoms with Gasteiger partial charge in [-0.15, -0.1) is 0 Å². The summed E-state index contributed by atoms with van der Waals surface area (Å²) in [6.07, 6.45) is 1.25. The first-order valence-corrected chi connectivity index (χ1v) is 4.45. The number of pyridine rings is 1. The lowest BCUT2D eigenvalue weighted by molar-refractivity contribution is 0.453. The van der Waals surface area contributed by atoms with Crippen LogP contribution in [0.25, 0.3) is 10.9 Å². The Bertz CT molecular complexity index is 569. The Morgan fingerprint density at radius 3 is 2.56 bits per heavy atom. The van der Waals surface area contributed by atoms with E-state index in [2.05, 4.69) is 10.3 Å². The first-order valence-electron chi connectivity index (χ1n) is 4.45. The molecule has 0 atom stereocenters. The second-order valence-corrected chi connectivity index (χ2v) is 3.22. The molecular formula is C10H8F3N3. The van der Waals surface area contributed by atoms with E-state index in [0.717, 1.165) is 6.07 Å². The fraction of sp³-hybridized carbons (Fsp3) is 0.100. The van der Waals surface area contributed by atoms with Crippen molar-refractivity contribution < 1.29 is 13.2 Å². The number of nitrogens with zero attached hydrogens (tertiary/aromatic N) is 1. The zero-order valence-electron chi connectivity index (χ0n) is 8.31. The highest BCUT2D eigenvalue weighted by atomic mass is 19.2. The lowest BCUT2D eigenvalue weighted by Gasteiger charge is -2.10. The maximum absolute atomic E-state index is 13.5. The number of hydrogen-bond donors (Lipinski definition) is 2. The van der Waals surface area contributed by atoms with Crippen LogP contribution in [0.1, 0.15) is 0 Å². The Labute approximate surface area is 89.1 Å². The Hall–Kier alpha value is -1.98. The van der Waals surface area contributed by atoms with Crippen LogP contribution >= 0.6 is 0 Å². The normalized spacial score (nSPS) is 10.8. The number of aromatic nitrogens is 1. The van der Waals surface area contributed by atoms with Crippen LogP contribution in [0.5, 0.6) is 0 Å². The summed E-state index contributed by atoms with van der Waals surface area (Å²) in [5, 5.41) is 2.48. The first kappa shape index (κ1) is 10.5. The van der Waals surface area contributed by atoms with E-state index in [0.29, 0.717) is 0 Å². The van der Waals surface area contributed by atoms with Crippen LogP contribution in [-0.4, -0.2) is 12.0 Å². The van der Waals surface area contributed by atoms with Gasteiger partial charge in [-0.3, -0.25) is 4.98 Å². The van der Waals surface area contributed by atoms with E-state index in [9.17, 15) is 13.2 Å². The van der Waals surface area contributed by atoms with Crippen LogP contribution in [0, 0.1) is 17.5 Å². The molecule has 0 aliphatic rings. The summed E-state index contributed by atoms with van der Waals surface area (Å²) < 4.78 is 39.5. The molecule has 1 aromatic carbocycles. The van der Waals surface area contributed by atoms with Gasteiger partial charge < -0.3 is 11.1 Å². The van der Waals surface area contributed by atoms with E-state index in [1.807, 2.05) is 0 Å². The summed E-state index contributed by atoms with van der Waals surface area (Å²) >= 11 is 0. The third-order valence-electron chi connectivity index (χ3n) is 2.27. The molecule has 3 N–H and O–H groups in total. The van der Waals surface area contributed by atoms with Gasteiger partial charge in [0, 0.05) is 13.1 Å². The van der Waals surface area contributed by atoms with Gasteiger partial charge in [0.05, 0.1) is 28.5 Å². The average Bonchev–Trinajstić information content (AvgIpc) is 2.27. The summed E-state index contributed by atoms with van der Waals surface area (Å²) in [6, 6.07) is 0.827. The second kappa shape index (κ2) is 3.55. The van der Waals surface area contributed by atoms with Gasteiger partial charge in [-0.05, 0) is 0 Å². The molecule has 0 saturated carbocycles. The number of hydrogen-bond acceptors (Lipinski definition) is 3. The van der Waals surface area contributed by atoms with Crippen LogP contribution in [0.3, 0.4) is 0 Å². The lowest BCUT2D eigenvalue weighted by Crippen LogP contribution is -2.02. The standard InChI is InChI=1S/C10H8F3N3/c1-15-10-5(14)3-16-6-2-4(11)8(12)9(13)7(6)10/h2-3H,14H2,1H3,(H,15,16). The molecule has 0 fully saturated rings. The van der Waals surface area contributed by atoms with Crippen LogP contribution in [0.15, 0.2) is 12.3 Å². The van der Waals surface area contributed by atoms with E-state index in [-0.39, 0.29) is 22.3 Å². The van der Waals surface area contributed by atoms with Crippen LogP contribution in [0.2, 0.25) is 0 Å². The van der Waals surface area contributed by atoms with Gasteiger partial charge in [-0.2, -0.15) is 0 Å². The minimum atomic E-state index is -1.53. The van der Waals surface area contributed by atoms with E-state index in [1.54, 1.807) is 0 Å². The molecule has 0 saturated heterocycles. The molecular weight excluding hydrogens is 219 g/mol. The third kappa shape index (κ3) is 1.34. The van der Waals surface area contributed by atoms with E-state index < -0.39 is 17.5 Å². The lowest BCUT2D eigenvalue weighted by atomic mass is 10.1. The van der Waals surface area contributed by atoms with Crippen molar-refractivity contribution in [1.82, 2.24) is 4.98 Å². The van der Waals surface area contributed by atoms with Crippen molar-refractivity contribution in [3.05, 3.63) is 29.7 Å². The quantitative estimate of drug-likeness (QED) is 0.735. The number of anilines is 2. The molecule has 0 amide bonds. The maximum atomic E-state index is 13.5. The topological polar surface area (TPSA) is 50.9 Å². The molecule has 84 valence electrons. The van der Waals surface area contributed by atoms with E-state index in [1.165, 1.54) is 13.2 Å². The van der Waals surface area contributed by atoms with E-state index >= 15 is 0 Å². The monoisotopic (exact) mass is 227 g/mol. The fourth-order valence-electron chi connectivity index (χ4n) is 1.54. The smallest absolute Gasteiger partial charge is 0.195 e. The van der Waals surface area contributed by atoms with Crippen molar-refractivity contribution in [3.8, 4) is 0 Å². The SMILES string of the molecule is CNc1c(N)cnc2cc(F)c(F)c(F)c12. The molecule has 3 nitrogen and oxygen atoms in total. The summed E-state index contributed by atoms with van der Waals surface area (Å²) in [7, 11) is 1.51. The zero-order valence-corrected chi connectivity index (χ0v) is 8.31. The van der Waals surface area contributed by atoms with Crippen molar-refractivity contribution in [2.75, 3.05) is 18.1 Å². The molecule has 0 unspecified atom stereocenters. The number of nitrogen functional groups attached to an aromatic ring is 1. The number of fused-ring (bicyclic) bond motifs is 1. The molecule has 0 aliphatic heterocycles. The van der Waals surface area contributed by atoms with Crippen LogP contribution in [0.4, 0.5) is 24.5 Å². The van der Waals surface area contributed by atoms with Gasteiger partial charge >= 0.3 is 0 Å². The predicted molar refractivity (Wildman–Crippen MR) is 55.6 cm³/mol. The van der Waals surface area contributed by atoms with Crippen molar-refractivity contribution in [2.45, 2.75) is 0 Å². The first-order chi connectivity index (χ1) is 7.56. The molecule has 2 aromatic rings. The van der Waals surface area contributed by atoms with E-state index in [4.69, 9.17) is 5.73 Å². The largest absolute Gasteiger partial charge is 0.396 e. The highest BCUT2D eigenvalue weighted by molar-refractivity contribution is 5.97. The van der Waals surface area contributed by atoms with Gasteiger partial charge in [0.15, 0.2) is 17.5 Å². The Morgan fingerprint density at radius 1 is 1.25 bits per heavy atom. The Balaban J connectivity index is 2.97. The van der Waals surface area contributed by atoms with Gasteiger partial charge in [0.2, 0.25) is 0 Å². The molecule has 0 aliphatic carbocycles. The molecule has 1 heterocycles. The molecule has 1 aromatic heterocycles. The summed E-state index contributed by atoms with van der Waals surface area (Å²) in [5.41, 5.74) is 5.92. The number of halogens is 3. The van der Waals surface area contributed by atoms with Gasteiger partial charge in [-0.25, -0.2) is 13.2 Å². The molecule has 0 spiro atoms. The van der Waals surface area contributed by atoms with Crippen LogP contribution < -0.4 is 11.1 Å². The number of benzene rings is 1. The van der Waals surface area contributed by atoms with Crippen LogP contribution in [-0.2, 0) is 0 Å². The number of nitrogens with two attached hydrogens (primary N) is 1. The van der Waals surface area contributed by atoms with Gasteiger partial charge in [0.25, 0.3) is 0 Å². The summed E-state index contributed by atoms with van der Waals surface area (Å²) in [4.78, 5) is 3.74. The summed E-state index contributed by atoms with van der Waals surface area (Å²) in [5.74, 6) is -4.10. The minimum Gasteiger partial charge on any atom is -0.396 e. The molecule has 6 heteroatoms. The molecule has 0 bridgehead atoms. The van der Waals surface area contributed by atoms with Crippen molar-refractivity contribution >= 4 is 22.3 Å². The molecule has 0 radical (unpaired) electrons. The average molecular weight is 227 g/mol. The number of rotatable bonds is 1. The highest BCUT2D eigenvalue weighted by Crippen LogP contribution is 2.31. The Morgan fingerprint density at radius 2 is 1.94 bits per heavy atom. The van der Waals surface area contributed by atoms with Gasteiger partial charge in [-0.1, -0.05) is 0 Å². The zero-order chi connectivity index (χ0) is 11.9. The second-order valence-electron chi connectivity index (χ2n) is 3.22. The van der Waals surface area contributed by atoms with Crippen molar-refractivity contribution in [3.63, 3.8) is 0 Å². The predicted octanol–water partition coefficient (Wildman–Crippen LogP) is 2.28. The Kier molecular flexibility index (Phi) is 2.34. The number of nitrogens with one attached hydrogen (secondary N) is 1.